The third-order valence-corrected chi connectivity index (χ3v) is 5.65. The Morgan fingerprint density at radius 3 is 2.80 bits per heavy atom. The molecule has 0 saturated carbocycles. The molecule has 1 N–H and O–H groups in total. The number of aliphatic hydroxyl groups is 1. The van der Waals surface area contributed by atoms with Crippen LogP contribution in [-0.2, 0) is 23.2 Å². The summed E-state index contributed by atoms with van der Waals surface area (Å²) in [6, 6.07) is 4.44. The van der Waals surface area contributed by atoms with Gasteiger partial charge in [-0.15, -0.1) is 11.3 Å². The topological polar surface area (TPSA) is 70.5 Å². The normalized spacial score (nSPS) is 12.0. The fraction of sp³-hybridized carbons (Fsp3) is 0.250. The quantitative estimate of drug-likeness (QED) is 0.910. The van der Waals surface area contributed by atoms with Crippen LogP contribution < -0.4 is 0 Å². The Labute approximate surface area is 126 Å². The Morgan fingerprint density at radius 1 is 1.45 bits per heavy atom. The second-order valence-electron chi connectivity index (χ2n) is 4.16. The van der Waals surface area contributed by atoms with E-state index in [1.807, 2.05) is 0 Å². The SMILES string of the molecule is CN(Cc1cscn1)S(=O)(=O)c1cc(CO)ccc1Cl. The summed E-state index contributed by atoms with van der Waals surface area (Å²) >= 11 is 7.37. The van der Waals surface area contributed by atoms with Crippen LogP contribution >= 0.6 is 22.9 Å². The molecule has 0 atom stereocenters. The van der Waals surface area contributed by atoms with Crippen LogP contribution in [0.1, 0.15) is 11.3 Å². The summed E-state index contributed by atoms with van der Waals surface area (Å²) < 4.78 is 26.2. The number of thiazole rings is 1. The predicted molar refractivity (Wildman–Crippen MR) is 78.1 cm³/mol. The molecule has 1 aromatic carbocycles. The van der Waals surface area contributed by atoms with Gasteiger partial charge in [0, 0.05) is 12.4 Å². The first-order chi connectivity index (χ1) is 9.45. The summed E-state index contributed by atoms with van der Waals surface area (Å²) in [6.07, 6.45) is 0. The Balaban J connectivity index is 2.34. The highest BCUT2D eigenvalue weighted by molar-refractivity contribution is 7.89. The molecule has 0 aliphatic rings. The van der Waals surface area contributed by atoms with Gasteiger partial charge in [0.15, 0.2) is 0 Å². The lowest BCUT2D eigenvalue weighted by Gasteiger charge is -2.17. The molecule has 0 radical (unpaired) electrons. The van der Waals surface area contributed by atoms with Crippen molar-refractivity contribution >= 4 is 33.0 Å². The van der Waals surface area contributed by atoms with Crippen molar-refractivity contribution in [3.8, 4) is 0 Å². The highest BCUT2D eigenvalue weighted by Gasteiger charge is 2.24. The molecule has 0 fully saturated rings. The van der Waals surface area contributed by atoms with Crippen LogP contribution in [0.3, 0.4) is 0 Å². The number of hydrogen-bond donors (Lipinski definition) is 1. The minimum atomic E-state index is -3.72. The highest BCUT2D eigenvalue weighted by atomic mass is 35.5. The van der Waals surface area contributed by atoms with Crippen LogP contribution in [0.5, 0.6) is 0 Å². The fourth-order valence-electron chi connectivity index (χ4n) is 1.64. The van der Waals surface area contributed by atoms with Crippen molar-refractivity contribution in [1.82, 2.24) is 9.29 Å². The third kappa shape index (κ3) is 3.18. The van der Waals surface area contributed by atoms with Gasteiger partial charge >= 0.3 is 0 Å². The number of sulfonamides is 1. The van der Waals surface area contributed by atoms with Crippen LogP contribution in [0.2, 0.25) is 5.02 Å². The van der Waals surface area contributed by atoms with Gasteiger partial charge in [-0.3, -0.25) is 0 Å². The van der Waals surface area contributed by atoms with E-state index in [4.69, 9.17) is 16.7 Å². The first-order valence-corrected chi connectivity index (χ1v) is 8.44. The maximum Gasteiger partial charge on any atom is 0.244 e. The molecule has 0 bridgehead atoms. The molecule has 0 spiro atoms. The number of hydrogen-bond acceptors (Lipinski definition) is 5. The molecule has 0 saturated heterocycles. The summed E-state index contributed by atoms with van der Waals surface area (Å²) in [7, 11) is -2.25. The van der Waals surface area contributed by atoms with Gasteiger partial charge in [0.1, 0.15) is 4.90 Å². The lowest BCUT2D eigenvalue weighted by Crippen LogP contribution is -2.27. The summed E-state index contributed by atoms with van der Waals surface area (Å²) in [5.74, 6) is 0. The summed E-state index contributed by atoms with van der Waals surface area (Å²) in [5.41, 5.74) is 2.82. The van der Waals surface area contributed by atoms with Crippen LogP contribution in [-0.4, -0.2) is 29.9 Å². The first kappa shape index (κ1) is 15.4. The third-order valence-electron chi connectivity index (χ3n) is 2.73. The lowest BCUT2D eigenvalue weighted by atomic mass is 10.2. The number of aliphatic hydroxyl groups excluding tert-OH is 1. The van der Waals surface area contributed by atoms with Gasteiger partial charge in [0.05, 0.1) is 29.4 Å². The zero-order valence-electron chi connectivity index (χ0n) is 10.7. The second-order valence-corrected chi connectivity index (χ2v) is 7.30. The molecule has 5 nitrogen and oxygen atoms in total. The van der Waals surface area contributed by atoms with Crippen molar-refractivity contribution in [2.75, 3.05) is 7.05 Å². The summed E-state index contributed by atoms with van der Waals surface area (Å²) in [6.45, 7) is -0.0684. The molecule has 0 aliphatic heterocycles. The van der Waals surface area contributed by atoms with E-state index in [0.717, 1.165) is 0 Å². The van der Waals surface area contributed by atoms with Gasteiger partial charge in [-0.05, 0) is 17.7 Å². The van der Waals surface area contributed by atoms with Crippen LogP contribution in [0.15, 0.2) is 34.0 Å². The van der Waals surface area contributed by atoms with Gasteiger partial charge in [-0.25, -0.2) is 13.4 Å². The summed E-state index contributed by atoms with van der Waals surface area (Å²) in [4.78, 5) is 4.05. The maximum absolute atomic E-state index is 12.5. The van der Waals surface area contributed by atoms with Crippen molar-refractivity contribution in [2.24, 2.45) is 0 Å². The van der Waals surface area contributed by atoms with Crippen molar-refractivity contribution < 1.29 is 13.5 Å². The average molecular weight is 333 g/mol. The van der Waals surface area contributed by atoms with Gasteiger partial charge in [-0.1, -0.05) is 17.7 Å². The first-order valence-electron chi connectivity index (χ1n) is 5.68. The Bertz CT molecular complexity index is 687. The van der Waals surface area contributed by atoms with E-state index < -0.39 is 10.0 Å². The molecule has 0 amide bonds. The van der Waals surface area contributed by atoms with Crippen molar-refractivity contribution in [3.63, 3.8) is 0 Å². The van der Waals surface area contributed by atoms with E-state index in [2.05, 4.69) is 4.98 Å². The van der Waals surface area contributed by atoms with Gasteiger partial charge in [-0.2, -0.15) is 4.31 Å². The van der Waals surface area contributed by atoms with Crippen molar-refractivity contribution in [2.45, 2.75) is 18.0 Å². The highest BCUT2D eigenvalue weighted by Crippen LogP contribution is 2.26. The van der Waals surface area contributed by atoms with Crippen LogP contribution in [0, 0.1) is 0 Å². The zero-order valence-corrected chi connectivity index (χ0v) is 13.0. The molecule has 0 unspecified atom stereocenters. The number of rotatable bonds is 5. The van der Waals surface area contributed by atoms with Crippen molar-refractivity contribution in [1.29, 1.82) is 0 Å². The van der Waals surface area contributed by atoms with Gasteiger partial charge < -0.3 is 5.11 Å². The molecule has 108 valence electrons. The molecule has 8 heteroatoms. The minimum absolute atomic E-state index is 0.0107. The average Bonchev–Trinajstić information content (AvgIpc) is 2.92. The molecule has 1 heterocycles. The molecule has 0 aliphatic carbocycles. The van der Waals surface area contributed by atoms with Crippen LogP contribution in [0.25, 0.3) is 0 Å². The lowest BCUT2D eigenvalue weighted by molar-refractivity contribution is 0.281. The van der Waals surface area contributed by atoms with Gasteiger partial charge in [0.2, 0.25) is 10.0 Å². The van der Waals surface area contributed by atoms with E-state index in [-0.39, 0.29) is 23.1 Å². The van der Waals surface area contributed by atoms with E-state index in [0.29, 0.717) is 11.3 Å². The number of halogens is 1. The monoisotopic (exact) mass is 332 g/mol. The molecular weight excluding hydrogens is 320 g/mol. The van der Waals surface area contributed by atoms with Gasteiger partial charge in [0.25, 0.3) is 0 Å². The number of benzene rings is 1. The minimum Gasteiger partial charge on any atom is -0.392 e. The van der Waals surface area contributed by atoms with Crippen LogP contribution in [0.4, 0.5) is 0 Å². The molecule has 2 aromatic rings. The van der Waals surface area contributed by atoms with E-state index in [9.17, 15) is 8.42 Å². The fourth-order valence-corrected chi connectivity index (χ4v) is 3.85. The van der Waals surface area contributed by atoms with E-state index in [1.54, 1.807) is 17.0 Å². The van der Waals surface area contributed by atoms with E-state index >= 15 is 0 Å². The zero-order chi connectivity index (χ0) is 14.8. The predicted octanol–water partition coefficient (Wildman–Crippen LogP) is 2.11. The Hall–Kier alpha value is -0.990. The van der Waals surface area contributed by atoms with E-state index in [1.165, 1.54) is 34.8 Å². The molecule has 2 rings (SSSR count). The maximum atomic E-state index is 12.5. The molecule has 20 heavy (non-hydrogen) atoms. The molecule has 1 aromatic heterocycles. The standard InChI is InChI=1S/C12H13ClN2O3S2/c1-15(5-10-7-19-8-14-10)20(17,18)12-4-9(6-16)2-3-11(12)13/h2-4,7-8,16H,5-6H2,1H3. The second kappa shape index (κ2) is 6.19. The largest absolute Gasteiger partial charge is 0.392 e. The number of nitrogens with zero attached hydrogens (tertiary/aromatic N) is 2. The van der Waals surface area contributed by atoms with Crippen molar-refractivity contribution in [3.05, 3.63) is 45.4 Å². The summed E-state index contributed by atoms with van der Waals surface area (Å²) in [5, 5.41) is 11.0. The smallest absolute Gasteiger partial charge is 0.244 e. The Morgan fingerprint density at radius 2 is 2.20 bits per heavy atom. The molecular formula is C12H13ClN2O3S2. The number of aromatic nitrogens is 1. The Kier molecular flexibility index (Phi) is 4.77.